The predicted molar refractivity (Wildman–Crippen MR) is 79.4 cm³/mol. The molecule has 0 spiro atoms. The first kappa shape index (κ1) is 15.0. The summed E-state index contributed by atoms with van der Waals surface area (Å²) in [6.45, 7) is 0.926. The number of nitrogens with zero attached hydrogens (tertiary/aromatic N) is 3. The Bertz CT molecular complexity index is 655. The summed E-state index contributed by atoms with van der Waals surface area (Å²) < 4.78 is 10.7. The van der Waals surface area contributed by atoms with E-state index in [1.165, 1.54) is 11.8 Å². The van der Waals surface area contributed by atoms with Crippen LogP contribution in [0.3, 0.4) is 0 Å². The van der Waals surface area contributed by atoms with Crippen LogP contribution in [0.5, 0.6) is 0 Å². The Morgan fingerprint density at radius 3 is 3.23 bits per heavy atom. The van der Waals surface area contributed by atoms with Crippen LogP contribution in [0.15, 0.2) is 27.9 Å². The van der Waals surface area contributed by atoms with E-state index < -0.39 is 0 Å². The first-order valence-electron chi connectivity index (χ1n) is 6.99. The van der Waals surface area contributed by atoms with Crippen LogP contribution in [0.2, 0.25) is 0 Å². The van der Waals surface area contributed by atoms with Crippen LogP contribution < -0.4 is 5.32 Å². The molecule has 0 aromatic carbocycles. The molecule has 1 aliphatic rings. The molecule has 3 rings (SSSR count). The maximum Gasteiger partial charge on any atom is 0.255 e. The van der Waals surface area contributed by atoms with Crippen molar-refractivity contribution in [3.63, 3.8) is 0 Å². The fraction of sp³-hybridized carbons (Fsp3) is 0.429. The monoisotopic (exact) mass is 320 g/mol. The fourth-order valence-electron chi connectivity index (χ4n) is 2.22. The molecular formula is C14H16N4O3S. The van der Waals surface area contributed by atoms with Crippen LogP contribution in [-0.2, 0) is 11.3 Å². The summed E-state index contributed by atoms with van der Waals surface area (Å²) in [5.41, 5.74) is 0.540. The zero-order valence-corrected chi connectivity index (χ0v) is 12.9. The number of thioether (sulfide) groups is 1. The van der Waals surface area contributed by atoms with Gasteiger partial charge in [0.1, 0.15) is 11.1 Å². The van der Waals surface area contributed by atoms with E-state index >= 15 is 0 Å². The average Bonchev–Trinajstić information content (AvgIpc) is 3.23. The fourth-order valence-corrected chi connectivity index (χ4v) is 2.77. The van der Waals surface area contributed by atoms with Gasteiger partial charge in [-0.3, -0.25) is 4.79 Å². The molecule has 0 radical (unpaired) electrons. The van der Waals surface area contributed by atoms with Crippen molar-refractivity contribution < 1.29 is 14.1 Å². The first-order valence-corrected chi connectivity index (χ1v) is 8.21. The van der Waals surface area contributed by atoms with Crippen molar-refractivity contribution in [2.45, 2.75) is 30.5 Å². The van der Waals surface area contributed by atoms with Crippen LogP contribution in [0.1, 0.15) is 41.0 Å². The molecule has 2 aromatic rings. The van der Waals surface area contributed by atoms with Gasteiger partial charge in [0.05, 0.1) is 12.1 Å². The van der Waals surface area contributed by atoms with Crippen molar-refractivity contribution in [3.8, 4) is 0 Å². The number of hydrogen-bond acceptors (Lipinski definition) is 7. The van der Waals surface area contributed by atoms with E-state index in [-0.39, 0.29) is 18.6 Å². The number of nitrogens with one attached hydrogen (secondary N) is 1. The van der Waals surface area contributed by atoms with Gasteiger partial charge in [0.2, 0.25) is 0 Å². The summed E-state index contributed by atoms with van der Waals surface area (Å²) in [6, 6.07) is 3.47. The van der Waals surface area contributed by atoms with E-state index in [0.717, 1.165) is 19.4 Å². The molecule has 8 heteroatoms. The first-order chi connectivity index (χ1) is 10.8. The van der Waals surface area contributed by atoms with Crippen molar-refractivity contribution >= 4 is 17.7 Å². The normalized spacial score (nSPS) is 17.6. The lowest BCUT2D eigenvalue weighted by Crippen LogP contribution is -2.24. The second-order valence-corrected chi connectivity index (χ2v) is 5.59. The minimum Gasteiger partial charge on any atom is -0.368 e. The van der Waals surface area contributed by atoms with Gasteiger partial charge in [-0.1, -0.05) is 5.16 Å². The van der Waals surface area contributed by atoms with Gasteiger partial charge >= 0.3 is 0 Å². The van der Waals surface area contributed by atoms with Crippen molar-refractivity contribution in [3.05, 3.63) is 35.6 Å². The summed E-state index contributed by atoms with van der Waals surface area (Å²) in [6.07, 6.45) is 5.32. The molecule has 22 heavy (non-hydrogen) atoms. The highest BCUT2D eigenvalue weighted by molar-refractivity contribution is 7.98. The summed E-state index contributed by atoms with van der Waals surface area (Å²) in [5, 5.41) is 7.33. The third-order valence-electron chi connectivity index (χ3n) is 3.31. The number of aromatic nitrogens is 3. The molecule has 0 aliphatic carbocycles. The minimum atomic E-state index is -0.207. The van der Waals surface area contributed by atoms with Crippen molar-refractivity contribution in [1.29, 1.82) is 0 Å². The molecular weight excluding hydrogens is 304 g/mol. The Hall–Kier alpha value is -1.93. The zero-order valence-electron chi connectivity index (χ0n) is 12.1. The summed E-state index contributed by atoms with van der Waals surface area (Å²) in [4.78, 5) is 20.6. The van der Waals surface area contributed by atoms with Gasteiger partial charge in [-0.25, -0.2) is 4.98 Å². The Labute approximate surface area is 131 Å². The zero-order chi connectivity index (χ0) is 15.4. The Morgan fingerprint density at radius 2 is 2.45 bits per heavy atom. The van der Waals surface area contributed by atoms with Gasteiger partial charge < -0.3 is 14.6 Å². The number of carbonyl (C=O) groups excluding carboxylic acids is 1. The molecule has 1 saturated heterocycles. The SMILES string of the molecule is CSc1ncccc1C(=O)NCc1noc([C@@H]2CCCO2)n1. The van der Waals surface area contributed by atoms with Crippen LogP contribution in [0.4, 0.5) is 0 Å². The lowest BCUT2D eigenvalue weighted by Gasteiger charge is -2.05. The minimum absolute atomic E-state index is 0.113. The van der Waals surface area contributed by atoms with Gasteiger partial charge in [-0.05, 0) is 31.2 Å². The molecule has 1 aliphatic heterocycles. The maximum absolute atomic E-state index is 12.2. The van der Waals surface area contributed by atoms with Gasteiger partial charge in [-0.15, -0.1) is 11.8 Å². The van der Waals surface area contributed by atoms with Gasteiger partial charge in [-0.2, -0.15) is 4.98 Å². The third kappa shape index (κ3) is 3.28. The van der Waals surface area contributed by atoms with Crippen LogP contribution in [0, 0.1) is 0 Å². The van der Waals surface area contributed by atoms with E-state index in [4.69, 9.17) is 9.26 Å². The van der Waals surface area contributed by atoms with Crippen LogP contribution in [0.25, 0.3) is 0 Å². The number of rotatable bonds is 5. The quantitative estimate of drug-likeness (QED) is 0.842. The van der Waals surface area contributed by atoms with Crippen LogP contribution >= 0.6 is 11.8 Å². The molecule has 1 N–H and O–H groups in total. The molecule has 1 amide bonds. The lowest BCUT2D eigenvalue weighted by molar-refractivity contribution is 0.0835. The molecule has 1 atom stereocenters. The smallest absolute Gasteiger partial charge is 0.255 e. The Kier molecular flexibility index (Phi) is 4.69. The third-order valence-corrected chi connectivity index (χ3v) is 4.02. The largest absolute Gasteiger partial charge is 0.368 e. The van der Waals surface area contributed by atoms with Crippen molar-refractivity contribution in [1.82, 2.24) is 20.4 Å². The van der Waals surface area contributed by atoms with Gasteiger partial charge in [0.15, 0.2) is 5.82 Å². The van der Waals surface area contributed by atoms with E-state index in [9.17, 15) is 4.79 Å². The summed E-state index contributed by atoms with van der Waals surface area (Å²) in [5.74, 6) is 0.710. The topological polar surface area (TPSA) is 90.1 Å². The van der Waals surface area contributed by atoms with E-state index in [1.54, 1.807) is 18.3 Å². The average molecular weight is 320 g/mol. The molecule has 3 heterocycles. The standard InChI is InChI=1S/C14H16N4O3S/c1-22-14-9(4-2-6-15-14)12(19)16-8-11-17-13(21-18-11)10-5-3-7-20-10/h2,4,6,10H,3,5,7-8H2,1H3,(H,16,19)/t10-/m0/s1. The molecule has 7 nitrogen and oxygen atoms in total. The van der Waals surface area contributed by atoms with Crippen LogP contribution in [-0.4, -0.2) is 33.9 Å². The molecule has 2 aromatic heterocycles. The molecule has 116 valence electrons. The molecule has 0 saturated carbocycles. The number of hydrogen-bond donors (Lipinski definition) is 1. The van der Waals surface area contributed by atoms with E-state index in [1.807, 2.05) is 6.26 Å². The number of ether oxygens (including phenoxy) is 1. The van der Waals surface area contributed by atoms with Gasteiger partial charge in [0.25, 0.3) is 11.8 Å². The Balaban J connectivity index is 1.61. The van der Waals surface area contributed by atoms with E-state index in [0.29, 0.717) is 22.3 Å². The second kappa shape index (κ2) is 6.89. The predicted octanol–water partition coefficient (Wildman–Crippen LogP) is 1.97. The Morgan fingerprint density at radius 1 is 1.55 bits per heavy atom. The van der Waals surface area contributed by atoms with Crippen molar-refractivity contribution in [2.75, 3.05) is 12.9 Å². The molecule has 0 bridgehead atoms. The maximum atomic E-state index is 12.2. The highest BCUT2D eigenvalue weighted by Gasteiger charge is 2.24. The van der Waals surface area contributed by atoms with E-state index in [2.05, 4.69) is 20.4 Å². The summed E-state index contributed by atoms with van der Waals surface area (Å²) >= 11 is 1.43. The van der Waals surface area contributed by atoms with Gasteiger partial charge in [0, 0.05) is 12.8 Å². The number of pyridine rings is 1. The number of carbonyl (C=O) groups is 1. The second-order valence-electron chi connectivity index (χ2n) is 4.79. The lowest BCUT2D eigenvalue weighted by atomic mass is 10.2. The number of amides is 1. The summed E-state index contributed by atoms with van der Waals surface area (Å²) in [7, 11) is 0. The molecule has 0 unspecified atom stereocenters. The highest BCUT2D eigenvalue weighted by atomic mass is 32.2. The van der Waals surface area contributed by atoms with Crippen molar-refractivity contribution in [2.24, 2.45) is 0 Å². The molecule has 1 fully saturated rings. The highest BCUT2D eigenvalue weighted by Crippen LogP contribution is 2.26.